The molecule has 0 radical (unpaired) electrons. The van der Waals surface area contributed by atoms with Gasteiger partial charge >= 0.3 is 0 Å². The zero-order valence-electron chi connectivity index (χ0n) is 11.8. The molecule has 1 aromatic carbocycles. The maximum Gasteiger partial charge on any atom is 0.244 e. The second-order valence-electron chi connectivity index (χ2n) is 5.58. The number of nitrogens with two attached hydrogens (primary N) is 1. The lowest BCUT2D eigenvalue weighted by Crippen LogP contribution is -2.38. The minimum atomic E-state index is -3.47. The van der Waals surface area contributed by atoms with Crippen molar-refractivity contribution < 1.29 is 8.42 Å². The number of benzene rings is 1. The van der Waals surface area contributed by atoms with Crippen molar-refractivity contribution in [3.05, 3.63) is 28.2 Å². The Bertz CT molecular complexity index is 583. The van der Waals surface area contributed by atoms with Crippen molar-refractivity contribution >= 4 is 26.0 Å². The highest BCUT2D eigenvalue weighted by Crippen LogP contribution is 2.34. The van der Waals surface area contributed by atoms with Crippen molar-refractivity contribution in [1.82, 2.24) is 4.31 Å². The van der Waals surface area contributed by atoms with Crippen molar-refractivity contribution in [2.75, 3.05) is 6.54 Å². The van der Waals surface area contributed by atoms with E-state index in [9.17, 15) is 8.42 Å². The van der Waals surface area contributed by atoms with Crippen LogP contribution in [0.1, 0.15) is 32.3 Å². The Morgan fingerprint density at radius 2 is 2.05 bits per heavy atom. The normalized spacial score (nSPS) is 16.1. The molecule has 6 heteroatoms. The van der Waals surface area contributed by atoms with Gasteiger partial charge in [-0.1, -0.05) is 6.07 Å². The summed E-state index contributed by atoms with van der Waals surface area (Å²) in [5, 5.41) is 0. The van der Waals surface area contributed by atoms with Gasteiger partial charge in [-0.15, -0.1) is 0 Å². The molecule has 1 aromatic rings. The standard InChI is InChI=1S/C14H21BrN2O2S/c1-10(2)17(9-11-3-4-11)20(18,19)14-6-5-12(8-16)7-13(14)15/h5-7,10-11H,3-4,8-9,16H2,1-2H3. The minimum Gasteiger partial charge on any atom is -0.326 e. The van der Waals surface area contributed by atoms with E-state index in [0.29, 0.717) is 28.4 Å². The molecule has 0 bridgehead atoms. The third-order valence-corrected chi connectivity index (χ3v) is 6.55. The van der Waals surface area contributed by atoms with Crippen molar-refractivity contribution in [2.24, 2.45) is 11.7 Å². The fourth-order valence-electron chi connectivity index (χ4n) is 2.15. The van der Waals surface area contributed by atoms with E-state index in [1.165, 1.54) is 0 Å². The molecule has 0 heterocycles. The Morgan fingerprint density at radius 3 is 2.50 bits per heavy atom. The summed E-state index contributed by atoms with van der Waals surface area (Å²) in [5.74, 6) is 0.522. The number of halogens is 1. The number of sulfonamides is 1. The Hall–Kier alpha value is -0.430. The van der Waals surface area contributed by atoms with Crippen LogP contribution in [-0.4, -0.2) is 25.3 Å². The van der Waals surface area contributed by atoms with Crippen LogP contribution in [0.15, 0.2) is 27.6 Å². The molecule has 1 fully saturated rings. The van der Waals surface area contributed by atoms with E-state index in [2.05, 4.69) is 15.9 Å². The maximum atomic E-state index is 12.8. The molecule has 0 atom stereocenters. The number of rotatable bonds is 6. The third-order valence-electron chi connectivity index (χ3n) is 3.53. The highest BCUT2D eigenvalue weighted by Gasteiger charge is 2.34. The molecule has 112 valence electrons. The first-order chi connectivity index (χ1) is 9.36. The fraction of sp³-hybridized carbons (Fsp3) is 0.571. The molecule has 0 saturated heterocycles. The molecule has 20 heavy (non-hydrogen) atoms. The van der Waals surface area contributed by atoms with E-state index in [1.54, 1.807) is 22.5 Å². The van der Waals surface area contributed by atoms with Gasteiger partial charge in [-0.2, -0.15) is 4.31 Å². The van der Waals surface area contributed by atoms with Crippen LogP contribution in [-0.2, 0) is 16.6 Å². The molecule has 2 rings (SSSR count). The SMILES string of the molecule is CC(C)N(CC1CC1)S(=O)(=O)c1ccc(CN)cc1Br. The van der Waals surface area contributed by atoms with Crippen LogP contribution < -0.4 is 5.73 Å². The van der Waals surface area contributed by atoms with Crippen LogP contribution in [0.25, 0.3) is 0 Å². The number of hydrogen-bond donors (Lipinski definition) is 1. The average Bonchev–Trinajstić information content (AvgIpc) is 3.18. The fourth-order valence-corrected chi connectivity index (χ4v) is 4.95. The Morgan fingerprint density at radius 1 is 1.40 bits per heavy atom. The van der Waals surface area contributed by atoms with Gasteiger partial charge in [-0.05, 0) is 66.2 Å². The summed E-state index contributed by atoms with van der Waals surface area (Å²) in [6.07, 6.45) is 2.26. The summed E-state index contributed by atoms with van der Waals surface area (Å²) in [4.78, 5) is 0.323. The molecule has 2 N–H and O–H groups in total. The van der Waals surface area contributed by atoms with Gasteiger partial charge in [0, 0.05) is 23.6 Å². The molecule has 4 nitrogen and oxygen atoms in total. The molecular weight excluding hydrogens is 340 g/mol. The van der Waals surface area contributed by atoms with E-state index < -0.39 is 10.0 Å². The smallest absolute Gasteiger partial charge is 0.244 e. The molecule has 1 saturated carbocycles. The van der Waals surface area contributed by atoms with E-state index in [-0.39, 0.29) is 6.04 Å². The largest absolute Gasteiger partial charge is 0.326 e. The molecule has 0 unspecified atom stereocenters. The summed E-state index contributed by atoms with van der Waals surface area (Å²) in [6, 6.07) is 5.15. The quantitative estimate of drug-likeness (QED) is 0.847. The summed E-state index contributed by atoms with van der Waals surface area (Å²) < 4.78 is 27.8. The summed E-state index contributed by atoms with van der Waals surface area (Å²) in [7, 11) is -3.47. The summed E-state index contributed by atoms with van der Waals surface area (Å²) >= 11 is 3.36. The third kappa shape index (κ3) is 3.42. The van der Waals surface area contributed by atoms with E-state index in [4.69, 9.17) is 5.73 Å². The topological polar surface area (TPSA) is 63.4 Å². The first-order valence-corrected chi connectivity index (χ1v) is 9.10. The van der Waals surface area contributed by atoms with Gasteiger partial charge in [0.15, 0.2) is 0 Å². The first-order valence-electron chi connectivity index (χ1n) is 6.86. The van der Waals surface area contributed by atoms with Gasteiger partial charge < -0.3 is 5.73 Å². The Labute approximate surface area is 129 Å². The molecule has 0 spiro atoms. The molecule has 0 aliphatic heterocycles. The predicted octanol–water partition coefficient (Wildman–Crippen LogP) is 2.72. The van der Waals surface area contributed by atoms with E-state index in [1.807, 2.05) is 13.8 Å². The van der Waals surface area contributed by atoms with Crippen molar-refractivity contribution in [2.45, 2.75) is 44.2 Å². The lowest BCUT2D eigenvalue weighted by Gasteiger charge is -2.26. The average molecular weight is 361 g/mol. The lowest BCUT2D eigenvalue weighted by molar-refractivity contribution is 0.341. The van der Waals surface area contributed by atoms with Crippen LogP contribution in [0.4, 0.5) is 0 Å². The van der Waals surface area contributed by atoms with Crippen LogP contribution in [0.3, 0.4) is 0 Å². The predicted molar refractivity (Wildman–Crippen MR) is 83.8 cm³/mol. The zero-order valence-corrected chi connectivity index (χ0v) is 14.2. The Balaban J connectivity index is 2.36. The van der Waals surface area contributed by atoms with Gasteiger partial charge in [0.1, 0.15) is 0 Å². The van der Waals surface area contributed by atoms with Gasteiger partial charge in [-0.25, -0.2) is 8.42 Å². The van der Waals surface area contributed by atoms with Crippen LogP contribution in [0.2, 0.25) is 0 Å². The molecule has 0 aromatic heterocycles. The van der Waals surface area contributed by atoms with Crippen molar-refractivity contribution in [1.29, 1.82) is 0 Å². The van der Waals surface area contributed by atoms with Crippen LogP contribution >= 0.6 is 15.9 Å². The number of nitrogens with zero attached hydrogens (tertiary/aromatic N) is 1. The summed E-state index contributed by atoms with van der Waals surface area (Å²) in [6.45, 7) is 4.85. The van der Waals surface area contributed by atoms with Gasteiger partial charge in [-0.3, -0.25) is 0 Å². The molecule has 1 aliphatic carbocycles. The minimum absolute atomic E-state index is 0.0401. The van der Waals surface area contributed by atoms with E-state index in [0.717, 1.165) is 18.4 Å². The number of hydrogen-bond acceptors (Lipinski definition) is 3. The lowest BCUT2D eigenvalue weighted by atomic mass is 10.2. The van der Waals surface area contributed by atoms with Crippen molar-refractivity contribution in [3.63, 3.8) is 0 Å². The second kappa shape index (κ2) is 6.13. The molecular formula is C14H21BrN2O2S. The summed E-state index contributed by atoms with van der Waals surface area (Å²) in [5.41, 5.74) is 6.49. The van der Waals surface area contributed by atoms with Gasteiger partial charge in [0.2, 0.25) is 10.0 Å². The first kappa shape index (κ1) is 15.9. The second-order valence-corrected chi connectivity index (χ2v) is 8.29. The van der Waals surface area contributed by atoms with Crippen LogP contribution in [0.5, 0.6) is 0 Å². The van der Waals surface area contributed by atoms with E-state index >= 15 is 0 Å². The van der Waals surface area contributed by atoms with Crippen LogP contribution in [0, 0.1) is 5.92 Å². The zero-order chi connectivity index (χ0) is 14.9. The van der Waals surface area contributed by atoms with Crippen molar-refractivity contribution in [3.8, 4) is 0 Å². The molecule has 1 aliphatic rings. The molecule has 0 amide bonds. The monoisotopic (exact) mass is 360 g/mol. The Kier molecular flexibility index (Phi) is 4.89. The highest BCUT2D eigenvalue weighted by molar-refractivity contribution is 9.10. The maximum absolute atomic E-state index is 12.8. The van der Waals surface area contributed by atoms with Gasteiger partial charge in [0.05, 0.1) is 4.90 Å². The van der Waals surface area contributed by atoms with Gasteiger partial charge in [0.25, 0.3) is 0 Å². The highest BCUT2D eigenvalue weighted by atomic mass is 79.9.